The van der Waals surface area contributed by atoms with Crippen LogP contribution in [-0.4, -0.2) is 74.9 Å². The summed E-state index contributed by atoms with van der Waals surface area (Å²) in [5.74, 6) is 6.10. The van der Waals surface area contributed by atoms with Crippen molar-refractivity contribution in [3.8, 4) is 11.8 Å². The van der Waals surface area contributed by atoms with E-state index in [9.17, 15) is 0 Å². The summed E-state index contributed by atoms with van der Waals surface area (Å²) in [5, 5.41) is 3.22. The second-order valence-corrected chi connectivity index (χ2v) is 5.05. The third-order valence-corrected chi connectivity index (χ3v) is 3.66. The minimum Gasteiger partial charge on any atom is -0.376 e. The van der Waals surface area contributed by atoms with Gasteiger partial charge in [-0.2, -0.15) is 0 Å². The van der Waals surface area contributed by atoms with E-state index in [0.29, 0.717) is 6.10 Å². The van der Waals surface area contributed by atoms with Crippen molar-refractivity contribution in [3.05, 3.63) is 0 Å². The van der Waals surface area contributed by atoms with Crippen LogP contribution < -0.4 is 5.32 Å². The molecule has 0 aromatic heterocycles. The van der Waals surface area contributed by atoms with E-state index in [0.717, 1.165) is 45.8 Å². The van der Waals surface area contributed by atoms with E-state index >= 15 is 0 Å². The van der Waals surface area contributed by atoms with Gasteiger partial charge in [-0.25, -0.2) is 0 Å². The first-order chi connectivity index (χ1) is 8.88. The van der Waals surface area contributed by atoms with Gasteiger partial charge in [-0.3, -0.25) is 4.90 Å². The molecule has 4 heteroatoms. The van der Waals surface area contributed by atoms with Gasteiger partial charge in [0.25, 0.3) is 0 Å². The normalized spacial score (nSPS) is 22.3. The summed E-state index contributed by atoms with van der Waals surface area (Å²) in [6.07, 6.45) is 1.64. The van der Waals surface area contributed by atoms with Crippen LogP contribution in [0.3, 0.4) is 0 Å². The highest BCUT2D eigenvalue weighted by atomic mass is 16.5. The minimum absolute atomic E-state index is 0.481. The fourth-order valence-electron chi connectivity index (χ4n) is 2.28. The quantitative estimate of drug-likeness (QED) is 0.531. The smallest absolute Gasteiger partial charge is 0.0823 e. The second kappa shape index (κ2) is 7.75. The second-order valence-electron chi connectivity index (χ2n) is 5.05. The van der Waals surface area contributed by atoms with Crippen molar-refractivity contribution < 1.29 is 4.74 Å². The molecule has 2 aliphatic heterocycles. The number of hydrogen-bond acceptors (Lipinski definition) is 4. The van der Waals surface area contributed by atoms with Crippen LogP contribution in [0.1, 0.15) is 13.3 Å². The first-order valence-corrected chi connectivity index (χ1v) is 7.05. The molecule has 2 heterocycles. The highest BCUT2D eigenvalue weighted by Gasteiger charge is 2.18. The summed E-state index contributed by atoms with van der Waals surface area (Å²) in [5.41, 5.74) is 0. The molecule has 2 rings (SSSR count). The molecule has 0 aliphatic carbocycles. The van der Waals surface area contributed by atoms with Gasteiger partial charge in [0.15, 0.2) is 0 Å². The molecular formula is C14H25N3O. The maximum Gasteiger partial charge on any atom is 0.0823 e. The van der Waals surface area contributed by atoms with Crippen molar-refractivity contribution in [3.63, 3.8) is 0 Å². The first-order valence-electron chi connectivity index (χ1n) is 7.05. The lowest BCUT2D eigenvalue weighted by Gasteiger charge is -2.34. The molecule has 1 N–H and O–H groups in total. The third kappa shape index (κ3) is 4.58. The van der Waals surface area contributed by atoms with Gasteiger partial charge in [-0.05, 0) is 13.3 Å². The maximum absolute atomic E-state index is 5.73. The van der Waals surface area contributed by atoms with E-state index < -0.39 is 0 Å². The van der Waals surface area contributed by atoms with Crippen LogP contribution >= 0.6 is 0 Å². The summed E-state index contributed by atoms with van der Waals surface area (Å²) in [6.45, 7) is 11.7. The van der Waals surface area contributed by atoms with E-state index in [1.54, 1.807) is 0 Å². The fraction of sp³-hybridized carbons (Fsp3) is 0.857. The molecule has 0 radical (unpaired) electrons. The Bertz CT molecular complexity index is 285. The van der Waals surface area contributed by atoms with E-state index in [1.807, 2.05) is 6.92 Å². The topological polar surface area (TPSA) is 27.7 Å². The van der Waals surface area contributed by atoms with Gasteiger partial charge in [0.2, 0.25) is 0 Å². The molecule has 0 aromatic carbocycles. The van der Waals surface area contributed by atoms with Crippen LogP contribution in [0.15, 0.2) is 0 Å². The lowest BCUT2D eigenvalue weighted by Crippen LogP contribution is -2.49. The van der Waals surface area contributed by atoms with Gasteiger partial charge < -0.3 is 15.0 Å². The summed E-state index contributed by atoms with van der Waals surface area (Å²) >= 11 is 0. The number of rotatable bonds is 6. The number of nitrogens with zero attached hydrogens (tertiary/aromatic N) is 2. The van der Waals surface area contributed by atoms with Gasteiger partial charge >= 0.3 is 0 Å². The van der Waals surface area contributed by atoms with Gasteiger partial charge in [0.05, 0.1) is 12.6 Å². The third-order valence-electron chi connectivity index (χ3n) is 3.66. The maximum atomic E-state index is 5.73. The van der Waals surface area contributed by atoms with Gasteiger partial charge in [-0.1, -0.05) is 5.92 Å². The molecule has 0 unspecified atom stereocenters. The first kappa shape index (κ1) is 13.8. The van der Waals surface area contributed by atoms with Crippen molar-refractivity contribution in [2.75, 3.05) is 59.0 Å². The molecule has 102 valence electrons. The van der Waals surface area contributed by atoms with Crippen molar-refractivity contribution in [1.82, 2.24) is 15.1 Å². The standard InChI is InChI=1S/C14H25N3O/c1-2-3-5-16-7-9-17(10-8-16)6-4-11-18-14-12-15-13-14/h14-15H,4-13H2,1H3. The Morgan fingerprint density at radius 3 is 2.50 bits per heavy atom. The van der Waals surface area contributed by atoms with E-state index in [4.69, 9.17) is 4.74 Å². The highest BCUT2D eigenvalue weighted by molar-refractivity contribution is 4.98. The zero-order chi connectivity index (χ0) is 12.6. The van der Waals surface area contributed by atoms with E-state index in [2.05, 4.69) is 27.0 Å². The van der Waals surface area contributed by atoms with Crippen LogP contribution in [-0.2, 0) is 4.74 Å². The predicted octanol–water partition coefficient (Wildman–Crippen LogP) is 0.00580. The minimum atomic E-state index is 0.481. The lowest BCUT2D eigenvalue weighted by atomic mass is 10.2. The molecule has 0 aromatic rings. The summed E-state index contributed by atoms with van der Waals surface area (Å²) in [6, 6.07) is 0. The highest BCUT2D eigenvalue weighted by Crippen LogP contribution is 2.03. The van der Waals surface area contributed by atoms with Crippen LogP contribution in [0.25, 0.3) is 0 Å². The molecule has 0 atom stereocenters. The van der Waals surface area contributed by atoms with Crippen LogP contribution in [0, 0.1) is 11.8 Å². The SMILES string of the molecule is CC#CCN1CCN(CCCOC2CNC2)CC1. The van der Waals surface area contributed by atoms with Crippen molar-refractivity contribution in [1.29, 1.82) is 0 Å². The molecule has 18 heavy (non-hydrogen) atoms. The van der Waals surface area contributed by atoms with E-state index in [1.165, 1.54) is 19.6 Å². The Morgan fingerprint density at radius 2 is 1.89 bits per heavy atom. The number of hydrogen-bond donors (Lipinski definition) is 1. The molecular weight excluding hydrogens is 226 g/mol. The zero-order valence-corrected chi connectivity index (χ0v) is 11.5. The molecule has 0 amide bonds. The summed E-state index contributed by atoms with van der Waals surface area (Å²) in [4.78, 5) is 4.97. The molecule has 0 bridgehead atoms. The Labute approximate surface area is 111 Å². The van der Waals surface area contributed by atoms with Crippen molar-refractivity contribution >= 4 is 0 Å². The Balaban J connectivity index is 1.48. The molecule has 0 saturated carbocycles. The lowest BCUT2D eigenvalue weighted by molar-refractivity contribution is 0.0127. The van der Waals surface area contributed by atoms with Crippen molar-refractivity contribution in [2.45, 2.75) is 19.4 Å². The number of nitrogens with one attached hydrogen (secondary N) is 1. The molecule has 4 nitrogen and oxygen atoms in total. The summed E-state index contributed by atoms with van der Waals surface area (Å²) in [7, 11) is 0. The Hall–Kier alpha value is -0.600. The average molecular weight is 251 g/mol. The van der Waals surface area contributed by atoms with E-state index in [-0.39, 0.29) is 0 Å². The largest absolute Gasteiger partial charge is 0.376 e. The van der Waals surface area contributed by atoms with Gasteiger partial charge in [0.1, 0.15) is 0 Å². The van der Waals surface area contributed by atoms with Gasteiger partial charge in [-0.15, -0.1) is 5.92 Å². The fourth-order valence-corrected chi connectivity index (χ4v) is 2.28. The van der Waals surface area contributed by atoms with Gasteiger partial charge in [0, 0.05) is 52.4 Å². The molecule has 2 fully saturated rings. The average Bonchev–Trinajstić information content (AvgIpc) is 2.35. The van der Waals surface area contributed by atoms with Crippen LogP contribution in [0.2, 0.25) is 0 Å². The molecule has 0 spiro atoms. The van der Waals surface area contributed by atoms with Crippen LogP contribution in [0.4, 0.5) is 0 Å². The predicted molar refractivity (Wildman–Crippen MR) is 73.6 cm³/mol. The van der Waals surface area contributed by atoms with Crippen molar-refractivity contribution in [2.24, 2.45) is 0 Å². The monoisotopic (exact) mass is 251 g/mol. The Kier molecular flexibility index (Phi) is 5.95. The summed E-state index contributed by atoms with van der Waals surface area (Å²) < 4.78 is 5.73. The van der Waals surface area contributed by atoms with Crippen LogP contribution in [0.5, 0.6) is 0 Å². The number of ether oxygens (including phenoxy) is 1. The zero-order valence-electron chi connectivity index (χ0n) is 11.5. The molecule has 2 saturated heterocycles. The molecule has 2 aliphatic rings. The Morgan fingerprint density at radius 1 is 1.17 bits per heavy atom. The number of piperazine rings is 1.